The number of aryl methyl sites for hydroxylation is 3. The van der Waals surface area contributed by atoms with Crippen LogP contribution in [-0.4, -0.2) is 22.1 Å². The van der Waals surface area contributed by atoms with Gasteiger partial charge < -0.3 is 14.2 Å². The molecule has 36 heavy (non-hydrogen) atoms. The molecule has 0 N–H and O–H groups in total. The Balaban J connectivity index is 1.54. The number of fused-ring (bicyclic) bond motifs is 1. The van der Waals surface area contributed by atoms with Gasteiger partial charge in [0.25, 0.3) is 0 Å². The van der Waals surface area contributed by atoms with Crippen molar-refractivity contribution in [1.29, 1.82) is 0 Å². The monoisotopic (exact) mass is 477 g/mol. The van der Waals surface area contributed by atoms with Crippen molar-refractivity contribution in [3.05, 3.63) is 102 Å². The molecule has 0 aliphatic rings. The maximum atomic E-state index is 6.48. The predicted molar refractivity (Wildman–Crippen MR) is 141 cm³/mol. The molecule has 0 saturated carbocycles. The first-order chi connectivity index (χ1) is 17.5. The van der Waals surface area contributed by atoms with E-state index in [4.69, 9.17) is 19.2 Å². The molecule has 2 aromatic carbocycles. The lowest BCUT2D eigenvalue weighted by molar-refractivity contribution is 0.285. The van der Waals surface area contributed by atoms with Crippen molar-refractivity contribution in [2.75, 3.05) is 7.11 Å². The van der Waals surface area contributed by atoms with Gasteiger partial charge in [-0.2, -0.15) is 0 Å². The highest BCUT2D eigenvalue weighted by atomic mass is 16.5. The van der Waals surface area contributed by atoms with Gasteiger partial charge in [-0.05, 0) is 62.2 Å². The van der Waals surface area contributed by atoms with E-state index in [1.54, 1.807) is 13.3 Å². The molecule has 0 fully saturated rings. The number of pyridine rings is 3. The SMILES string of the molecule is COc1cc2c(Oc3cc(C)c(C)nc3-c3cccc(C)n3)ccnc2cc1OCc1ccccc1. The summed E-state index contributed by atoms with van der Waals surface area (Å²) in [5, 5.41) is 0.808. The molecule has 0 radical (unpaired) electrons. The molecule has 6 nitrogen and oxygen atoms in total. The molecule has 5 aromatic rings. The van der Waals surface area contributed by atoms with Crippen molar-refractivity contribution >= 4 is 10.9 Å². The molecule has 0 atom stereocenters. The second-order valence-corrected chi connectivity index (χ2v) is 8.61. The second-order valence-electron chi connectivity index (χ2n) is 8.61. The van der Waals surface area contributed by atoms with E-state index >= 15 is 0 Å². The number of aromatic nitrogens is 3. The summed E-state index contributed by atoms with van der Waals surface area (Å²) in [5.41, 5.74) is 6.16. The predicted octanol–water partition coefficient (Wildman–Crippen LogP) is 7.00. The summed E-state index contributed by atoms with van der Waals surface area (Å²) in [6, 6.07) is 23.5. The third kappa shape index (κ3) is 4.84. The van der Waals surface area contributed by atoms with E-state index < -0.39 is 0 Å². The van der Waals surface area contributed by atoms with Crippen LogP contribution >= 0.6 is 0 Å². The van der Waals surface area contributed by atoms with Crippen LogP contribution < -0.4 is 14.2 Å². The summed E-state index contributed by atoms with van der Waals surface area (Å²) in [7, 11) is 1.63. The summed E-state index contributed by atoms with van der Waals surface area (Å²) in [5.74, 6) is 2.50. The van der Waals surface area contributed by atoms with Gasteiger partial charge in [0, 0.05) is 29.0 Å². The second kappa shape index (κ2) is 10.0. The van der Waals surface area contributed by atoms with E-state index in [9.17, 15) is 0 Å². The van der Waals surface area contributed by atoms with Crippen LogP contribution in [0, 0.1) is 20.8 Å². The van der Waals surface area contributed by atoms with Crippen LogP contribution in [0.3, 0.4) is 0 Å². The van der Waals surface area contributed by atoms with Crippen LogP contribution in [0.4, 0.5) is 0 Å². The quantitative estimate of drug-likeness (QED) is 0.251. The highest BCUT2D eigenvalue weighted by Gasteiger charge is 2.17. The molecular weight excluding hydrogens is 450 g/mol. The minimum absolute atomic E-state index is 0.431. The van der Waals surface area contributed by atoms with Gasteiger partial charge in [0.1, 0.15) is 18.1 Å². The minimum Gasteiger partial charge on any atom is -0.493 e. The van der Waals surface area contributed by atoms with Gasteiger partial charge in [-0.25, -0.2) is 4.98 Å². The molecule has 6 heteroatoms. The number of rotatable bonds is 7. The zero-order chi connectivity index (χ0) is 25.1. The first-order valence-electron chi connectivity index (χ1n) is 11.8. The summed E-state index contributed by atoms with van der Waals surface area (Å²) >= 11 is 0. The van der Waals surface area contributed by atoms with Gasteiger partial charge in [-0.3, -0.25) is 9.97 Å². The fourth-order valence-corrected chi connectivity index (χ4v) is 3.96. The standard InChI is InChI=1S/C30H27N3O3/c1-19-15-29(30(33-21(19)3)24-12-8-9-20(2)32-24)36-26-13-14-31-25-17-28(27(34-4)16-23(25)26)35-18-22-10-6-5-7-11-22/h5-17H,18H2,1-4H3. The normalized spacial score (nSPS) is 10.9. The van der Waals surface area contributed by atoms with Crippen LogP contribution in [0.15, 0.2) is 79.0 Å². The minimum atomic E-state index is 0.431. The first kappa shape index (κ1) is 23.3. The number of nitrogens with zero attached hydrogens (tertiary/aromatic N) is 3. The van der Waals surface area contributed by atoms with Gasteiger partial charge in [0.2, 0.25) is 0 Å². The summed E-state index contributed by atoms with van der Waals surface area (Å²) in [6.45, 7) is 6.40. The summed E-state index contributed by atoms with van der Waals surface area (Å²) in [4.78, 5) is 14.0. The Morgan fingerprint density at radius 3 is 2.36 bits per heavy atom. The Hall–Kier alpha value is -4.45. The van der Waals surface area contributed by atoms with Crippen LogP contribution in [-0.2, 0) is 6.61 Å². The Bertz CT molecular complexity index is 1530. The summed E-state index contributed by atoms with van der Waals surface area (Å²) in [6.07, 6.45) is 1.73. The molecule has 0 aliphatic carbocycles. The van der Waals surface area contributed by atoms with Crippen LogP contribution in [0.5, 0.6) is 23.0 Å². The molecule has 0 spiro atoms. The molecule has 180 valence electrons. The number of methoxy groups -OCH3 is 1. The molecule has 0 bridgehead atoms. The van der Waals surface area contributed by atoms with Gasteiger partial charge in [0.05, 0.1) is 18.3 Å². The maximum absolute atomic E-state index is 6.48. The lowest BCUT2D eigenvalue weighted by Crippen LogP contribution is -2.00. The number of benzene rings is 2. The molecule has 0 amide bonds. The van der Waals surface area contributed by atoms with Crippen molar-refractivity contribution in [1.82, 2.24) is 15.0 Å². The van der Waals surface area contributed by atoms with Crippen molar-refractivity contribution < 1.29 is 14.2 Å². The van der Waals surface area contributed by atoms with Crippen LogP contribution in [0.25, 0.3) is 22.3 Å². The van der Waals surface area contributed by atoms with Crippen molar-refractivity contribution in [2.24, 2.45) is 0 Å². The molecule has 0 saturated heterocycles. The number of ether oxygens (including phenoxy) is 3. The molecule has 5 rings (SSSR count). The molecular formula is C30H27N3O3. The maximum Gasteiger partial charge on any atom is 0.163 e. The summed E-state index contributed by atoms with van der Waals surface area (Å²) < 4.78 is 18.2. The van der Waals surface area contributed by atoms with Crippen molar-refractivity contribution in [3.8, 4) is 34.4 Å². The fourth-order valence-electron chi connectivity index (χ4n) is 3.96. The van der Waals surface area contributed by atoms with Gasteiger partial charge in [-0.1, -0.05) is 36.4 Å². The van der Waals surface area contributed by atoms with Gasteiger partial charge in [-0.15, -0.1) is 0 Å². The van der Waals surface area contributed by atoms with Gasteiger partial charge in [0.15, 0.2) is 17.2 Å². The van der Waals surface area contributed by atoms with E-state index in [2.05, 4.69) is 9.97 Å². The van der Waals surface area contributed by atoms with Crippen LogP contribution in [0.2, 0.25) is 0 Å². The highest BCUT2D eigenvalue weighted by molar-refractivity contribution is 5.88. The lowest BCUT2D eigenvalue weighted by atomic mass is 10.1. The van der Waals surface area contributed by atoms with Crippen molar-refractivity contribution in [2.45, 2.75) is 27.4 Å². The Labute approximate surface area is 210 Å². The van der Waals surface area contributed by atoms with Crippen LogP contribution in [0.1, 0.15) is 22.5 Å². The molecule has 3 heterocycles. The molecule has 0 aliphatic heterocycles. The number of hydrogen-bond acceptors (Lipinski definition) is 6. The van der Waals surface area contributed by atoms with Gasteiger partial charge >= 0.3 is 0 Å². The zero-order valence-electron chi connectivity index (χ0n) is 20.8. The Kier molecular flexibility index (Phi) is 6.50. The molecule has 3 aromatic heterocycles. The first-order valence-corrected chi connectivity index (χ1v) is 11.8. The van der Waals surface area contributed by atoms with E-state index in [1.807, 2.05) is 93.6 Å². The third-order valence-corrected chi connectivity index (χ3v) is 6.01. The Morgan fingerprint density at radius 2 is 1.58 bits per heavy atom. The van der Waals surface area contributed by atoms with E-state index in [1.165, 1.54) is 0 Å². The average Bonchev–Trinajstić information content (AvgIpc) is 2.89. The number of hydrogen-bond donors (Lipinski definition) is 0. The smallest absolute Gasteiger partial charge is 0.163 e. The van der Waals surface area contributed by atoms with E-state index in [-0.39, 0.29) is 0 Å². The zero-order valence-corrected chi connectivity index (χ0v) is 20.8. The fraction of sp³-hybridized carbons (Fsp3) is 0.167. The largest absolute Gasteiger partial charge is 0.493 e. The highest BCUT2D eigenvalue weighted by Crippen LogP contribution is 2.39. The molecule has 0 unspecified atom stereocenters. The van der Waals surface area contributed by atoms with Crippen molar-refractivity contribution in [3.63, 3.8) is 0 Å². The third-order valence-electron chi connectivity index (χ3n) is 6.01. The van der Waals surface area contributed by atoms with E-state index in [0.717, 1.165) is 39.1 Å². The Morgan fingerprint density at radius 1 is 0.750 bits per heavy atom. The topological polar surface area (TPSA) is 66.4 Å². The lowest BCUT2D eigenvalue weighted by Gasteiger charge is -2.16. The van der Waals surface area contributed by atoms with E-state index in [0.29, 0.717) is 35.3 Å². The average molecular weight is 478 g/mol.